The topological polar surface area (TPSA) is 49.3 Å². The molecule has 0 aliphatic heterocycles. The Hall–Kier alpha value is -0.830. The number of nitrogens with one attached hydrogen (secondary N) is 1. The Balaban J connectivity index is 2.25. The molecule has 1 rings (SSSR count). The van der Waals surface area contributed by atoms with E-state index < -0.39 is 5.97 Å². The Morgan fingerprint density at radius 1 is 1.44 bits per heavy atom. The van der Waals surface area contributed by atoms with Crippen LogP contribution in [0.25, 0.3) is 0 Å². The van der Waals surface area contributed by atoms with Gasteiger partial charge in [0.2, 0.25) is 0 Å². The summed E-state index contributed by atoms with van der Waals surface area (Å²) in [6.07, 6.45) is 6.67. The smallest absolute Gasteiger partial charge is 0.330 e. The van der Waals surface area contributed by atoms with Gasteiger partial charge in [-0.15, -0.1) is 0 Å². The molecule has 1 aliphatic rings. The highest BCUT2D eigenvalue weighted by Gasteiger charge is 2.26. The molecule has 0 spiro atoms. The van der Waals surface area contributed by atoms with Crippen LogP contribution in [0.5, 0.6) is 0 Å². The van der Waals surface area contributed by atoms with Crippen LogP contribution in [0.4, 0.5) is 0 Å². The molecule has 0 aromatic carbocycles. The quantitative estimate of drug-likeness (QED) is 0.723. The number of carbonyl (C=O) groups is 1. The number of rotatable bonds is 4. The summed E-state index contributed by atoms with van der Waals surface area (Å²) in [5.41, 5.74) is 0.911. The van der Waals surface area contributed by atoms with Crippen LogP contribution >= 0.6 is 0 Å². The fourth-order valence-electron chi connectivity index (χ4n) is 2.07. The fourth-order valence-corrected chi connectivity index (χ4v) is 2.07. The molecule has 0 aromatic rings. The molecule has 3 nitrogen and oxygen atoms in total. The van der Waals surface area contributed by atoms with Gasteiger partial charge < -0.3 is 10.4 Å². The van der Waals surface area contributed by atoms with Gasteiger partial charge in [0, 0.05) is 18.2 Å². The number of carboxylic acid groups (broad SMARTS) is 1. The maximum absolute atomic E-state index is 10.6. The molecular weight excluding hydrogens is 202 g/mol. The highest BCUT2D eigenvalue weighted by molar-refractivity contribution is 5.85. The van der Waals surface area contributed by atoms with E-state index in [1.54, 1.807) is 13.0 Å². The number of aliphatic carboxylic acids is 1. The van der Waals surface area contributed by atoms with E-state index in [0.29, 0.717) is 23.6 Å². The predicted molar refractivity (Wildman–Crippen MR) is 65.4 cm³/mol. The van der Waals surface area contributed by atoms with Crippen LogP contribution in [0.2, 0.25) is 0 Å². The van der Waals surface area contributed by atoms with Crippen molar-refractivity contribution in [1.29, 1.82) is 0 Å². The van der Waals surface area contributed by atoms with Crippen molar-refractivity contribution in [3.8, 4) is 0 Å². The second-order valence-electron chi connectivity index (χ2n) is 5.54. The highest BCUT2D eigenvalue weighted by Crippen LogP contribution is 2.34. The molecule has 2 N–H and O–H groups in total. The Bertz CT molecular complexity index is 272. The van der Waals surface area contributed by atoms with Crippen molar-refractivity contribution >= 4 is 5.97 Å². The molecule has 0 heterocycles. The summed E-state index contributed by atoms with van der Waals surface area (Å²) >= 11 is 0. The molecule has 0 aromatic heterocycles. The van der Waals surface area contributed by atoms with E-state index in [4.69, 9.17) is 5.11 Å². The molecule has 92 valence electrons. The average Bonchev–Trinajstić information content (AvgIpc) is 2.20. The van der Waals surface area contributed by atoms with Crippen molar-refractivity contribution in [3.05, 3.63) is 11.6 Å². The summed E-state index contributed by atoms with van der Waals surface area (Å²) < 4.78 is 0. The standard InChI is InChI=1S/C13H23NO2/c1-10(12(15)16)6-9-14-11-4-7-13(2,3)8-5-11/h6,11,14H,4-5,7-9H2,1-3H3,(H,15,16). The second-order valence-corrected chi connectivity index (χ2v) is 5.54. The molecular formula is C13H23NO2. The Morgan fingerprint density at radius 2 is 2.00 bits per heavy atom. The summed E-state index contributed by atoms with van der Waals surface area (Å²) in [6.45, 7) is 6.94. The van der Waals surface area contributed by atoms with Crippen LogP contribution in [0, 0.1) is 5.41 Å². The van der Waals surface area contributed by atoms with E-state index in [2.05, 4.69) is 19.2 Å². The first-order valence-electron chi connectivity index (χ1n) is 6.04. The number of hydrogen-bond donors (Lipinski definition) is 2. The van der Waals surface area contributed by atoms with Gasteiger partial charge in [0.15, 0.2) is 0 Å². The van der Waals surface area contributed by atoms with E-state index in [1.165, 1.54) is 25.7 Å². The summed E-state index contributed by atoms with van der Waals surface area (Å²) in [7, 11) is 0. The molecule has 0 saturated heterocycles. The minimum Gasteiger partial charge on any atom is -0.478 e. The van der Waals surface area contributed by atoms with E-state index >= 15 is 0 Å². The van der Waals surface area contributed by atoms with Crippen molar-refractivity contribution in [3.63, 3.8) is 0 Å². The van der Waals surface area contributed by atoms with Gasteiger partial charge in [-0.1, -0.05) is 19.9 Å². The van der Waals surface area contributed by atoms with Crippen molar-refractivity contribution in [1.82, 2.24) is 5.32 Å². The molecule has 0 bridgehead atoms. The zero-order valence-corrected chi connectivity index (χ0v) is 10.5. The molecule has 3 heteroatoms. The second kappa shape index (κ2) is 5.48. The first-order valence-corrected chi connectivity index (χ1v) is 6.04. The normalized spacial score (nSPS) is 22.1. The molecule has 0 unspecified atom stereocenters. The van der Waals surface area contributed by atoms with Crippen molar-refractivity contribution in [2.45, 2.75) is 52.5 Å². The van der Waals surface area contributed by atoms with Gasteiger partial charge in [0.25, 0.3) is 0 Å². The third kappa shape index (κ3) is 4.35. The van der Waals surface area contributed by atoms with Crippen LogP contribution in [0.1, 0.15) is 46.5 Å². The SMILES string of the molecule is CC(=CCNC1CCC(C)(C)CC1)C(=O)O. The minimum absolute atomic E-state index is 0.420. The van der Waals surface area contributed by atoms with Gasteiger partial charge in [-0.25, -0.2) is 4.79 Å². The largest absolute Gasteiger partial charge is 0.478 e. The van der Waals surface area contributed by atoms with Crippen LogP contribution in [-0.4, -0.2) is 23.7 Å². The van der Waals surface area contributed by atoms with Gasteiger partial charge in [-0.05, 0) is 38.0 Å². The lowest BCUT2D eigenvalue weighted by atomic mass is 9.75. The van der Waals surface area contributed by atoms with E-state index in [0.717, 1.165) is 0 Å². The molecule has 0 amide bonds. The van der Waals surface area contributed by atoms with Gasteiger partial charge >= 0.3 is 5.97 Å². The molecule has 1 fully saturated rings. The van der Waals surface area contributed by atoms with Crippen LogP contribution < -0.4 is 5.32 Å². The maximum Gasteiger partial charge on any atom is 0.330 e. The van der Waals surface area contributed by atoms with E-state index in [1.807, 2.05) is 0 Å². The Labute approximate surface area is 97.9 Å². The minimum atomic E-state index is -0.827. The van der Waals surface area contributed by atoms with Crippen LogP contribution in [0.3, 0.4) is 0 Å². The third-order valence-corrected chi connectivity index (χ3v) is 3.49. The number of carboxylic acids is 1. The summed E-state index contributed by atoms with van der Waals surface area (Å²) in [4.78, 5) is 10.6. The summed E-state index contributed by atoms with van der Waals surface area (Å²) in [6, 6.07) is 0.561. The Morgan fingerprint density at radius 3 is 2.50 bits per heavy atom. The molecule has 1 aliphatic carbocycles. The Kier molecular flexibility index (Phi) is 4.54. The third-order valence-electron chi connectivity index (χ3n) is 3.49. The molecule has 16 heavy (non-hydrogen) atoms. The molecule has 1 saturated carbocycles. The fraction of sp³-hybridized carbons (Fsp3) is 0.769. The van der Waals surface area contributed by atoms with Gasteiger partial charge in [-0.2, -0.15) is 0 Å². The maximum atomic E-state index is 10.6. The molecule has 0 atom stereocenters. The average molecular weight is 225 g/mol. The van der Waals surface area contributed by atoms with E-state index in [-0.39, 0.29) is 0 Å². The van der Waals surface area contributed by atoms with Crippen LogP contribution in [0.15, 0.2) is 11.6 Å². The lowest BCUT2D eigenvalue weighted by molar-refractivity contribution is -0.132. The lowest BCUT2D eigenvalue weighted by Gasteiger charge is -2.34. The van der Waals surface area contributed by atoms with Crippen molar-refractivity contribution < 1.29 is 9.90 Å². The lowest BCUT2D eigenvalue weighted by Crippen LogP contribution is -2.35. The van der Waals surface area contributed by atoms with Gasteiger partial charge in [-0.3, -0.25) is 0 Å². The molecule has 0 radical (unpaired) electrons. The van der Waals surface area contributed by atoms with Gasteiger partial charge in [0.1, 0.15) is 0 Å². The van der Waals surface area contributed by atoms with Gasteiger partial charge in [0.05, 0.1) is 0 Å². The first-order chi connectivity index (χ1) is 7.41. The number of hydrogen-bond acceptors (Lipinski definition) is 2. The zero-order chi connectivity index (χ0) is 12.2. The monoisotopic (exact) mass is 225 g/mol. The van der Waals surface area contributed by atoms with E-state index in [9.17, 15) is 4.79 Å². The van der Waals surface area contributed by atoms with Crippen LogP contribution in [-0.2, 0) is 4.79 Å². The first kappa shape index (κ1) is 13.2. The van der Waals surface area contributed by atoms with Crippen molar-refractivity contribution in [2.75, 3.05) is 6.54 Å². The highest BCUT2D eigenvalue weighted by atomic mass is 16.4. The summed E-state index contributed by atoms with van der Waals surface area (Å²) in [5.74, 6) is -0.827. The predicted octanol–water partition coefficient (Wildman–Crippen LogP) is 2.58. The summed E-state index contributed by atoms with van der Waals surface area (Å²) in [5, 5.41) is 12.1. The zero-order valence-electron chi connectivity index (χ0n) is 10.5. The van der Waals surface area contributed by atoms with Crippen molar-refractivity contribution in [2.24, 2.45) is 5.41 Å².